The summed E-state index contributed by atoms with van der Waals surface area (Å²) >= 11 is 1.48. The number of nitrogens with one attached hydrogen (secondary N) is 1. The first-order valence-electron chi connectivity index (χ1n) is 6.45. The number of nitrogens with zero attached hydrogens (tertiary/aromatic N) is 2. The van der Waals surface area contributed by atoms with Crippen LogP contribution >= 0.6 is 11.5 Å². The van der Waals surface area contributed by atoms with Gasteiger partial charge in [-0.05, 0) is 18.8 Å². The maximum absolute atomic E-state index is 4.39. The molecule has 1 fully saturated rings. The molecule has 1 saturated carbocycles. The van der Waals surface area contributed by atoms with Crippen molar-refractivity contribution in [3.05, 3.63) is 5.82 Å². The van der Waals surface area contributed by atoms with Gasteiger partial charge in [0, 0.05) is 24.5 Å². The van der Waals surface area contributed by atoms with Gasteiger partial charge in [0.25, 0.3) is 0 Å². The van der Waals surface area contributed by atoms with E-state index in [1.807, 2.05) is 0 Å². The van der Waals surface area contributed by atoms with Crippen molar-refractivity contribution < 1.29 is 0 Å². The highest BCUT2D eigenvalue weighted by molar-refractivity contribution is 7.09. The molecule has 0 saturated heterocycles. The van der Waals surface area contributed by atoms with Gasteiger partial charge < -0.3 is 5.32 Å². The molecular weight excluding hydrogens is 218 g/mol. The van der Waals surface area contributed by atoms with Crippen LogP contribution in [0.5, 0.6) is 0 Å². The van der Waals surface area contributed by atoms with Gasteiger partial charge in [0.1, 0.15) is 5.82 Å². The van der Waals surface area contributed by atoms with E-state index in [1.54, 1.807) is 0 Å². The minimum Gasteiger partial charge on any atom is -0.360 e. The summed E-state index contributed by atoms with van der Waals surface area (Å²) in [6.07, 6.45) is 9.40. The van der Waals surface area contributed by atoms with Crippen LogP contribution < -0.4 is 5.32 Å². The zero-order valence-electron chi connectivity index (χ0n) is 10.0. The summed E-state index contributed by atoms with van der Waals surface area (Å²) in [6, 6.07) is 0. The molecule has 16 heavy (non-hydrogen) atoms. The van der Waals surface area contributed by atoms with Gasteiger partial charge in [0.2, 0.25) is 5.13 Å². The maximum atomic E-state index is 4.39. The molecule has 1 heterocycles. The first-order valence-corrected chi connectivity index (χ1v) is 7.22. The highest BCUT2D eigenvalue weighted by Crippen LogP contribution is 2.28. The van der Waals surface area contributed by atoms with E-state index < -0.39 is 0 Å². The lowest BCUT2D eigenvalue weighted by atomic mass is 10.0. The van der Waals surface area contributed by atoms with Crippen molar-refractivity contribution in [1.29, 1.82) is 0 Å². The molecule has 0 aliphatic heterocycles. The van der Waals surface area contributed by atoms with Gasteiger partial charge in [-0.3, -0.25) is 0 Å². The number of hydrogen-bond acceptors (Lipinski definition) is 4. The molecule has 0 atom stereocenters. The fourth-order valence-corrected chi connectivity index (χ4v) is 3.03. The van der Waals surface area contributed by atoms with Gasteiger partial charge in [-0.2, -0.15) is 4.37 Å². The smallest absolute Gasteiger partial charge is 0.202 e. The van der Waals surface area contributed by atoms with Gasteiger partial charge >= 0.3 is 0 Å². The zero-order chi connectivity index (χ0) is 11.2. The van der Waals surface area contributed by atoms with E-state index in [1.165, 1.54) is 50.1 Å². The van der Waals surface area contributed by atoms with E-state index in [0.29, 0.717) is 0 Å². The minimum atomic E-state index is 0.931. The van der Waals surface area contributed by atoms with Crippen LogP contribution in [0.15, 0.2) is 0 Å². The van der Waals surface area contributed by atoms with Crippen LogP contribution in [0, 0.1) is 5.92 Å². The molecule has 0 amide bonds. The lowest BCUT2D eigenvalue weighted by Crippen LogP contribution is -2.04. The molecule has 1 aliphatic rings. The van der Waals surface area contributed by atoms with Crippen LogP contribution in [0.4, 0.5) is 5.13 Å². The number of anilines is 1. The molecule has 1 aromatic heterocycles. The van der Waals surface area contributed by atoms with Crippen molar-refractivity contribution in [3.8, 4) is 0 Å². The van der Waals surface area contributed by atoms with Crippen LogP contribution in [0.3, 0.4) is 0 Å². The summed E-state index contributed by atoms with van der Waals surface area (Å²) in [5, 5.41) is 4.36. The minimum absolute atomic E-state index is 0.931. The molecule has 0 aromatic carbocycles. The Hall–Kier alpha value is -0.640. The average molecular weight is 239 g/mol. The Bertz CT molecular complexity index is 305. The molecule has 4 heteroatoms. The van der Waals surface area contributed by atoms with E-state index in [2.05, 4.69) is 21.6 Å². The topological polar surface area (TPSA) is 37.8 Å². The maximum Gasteiger partial charge on any atom is 0.202 e. The Balaban J connectivity index is 1.60. The molecule has 1 N–H and O–H groups in total. The second-order valence-electron chi connectivity index (χ2n) is 4.59. The summed E-state index contributed by atoms with van der Waals surface area (Å²) in [5.74, 6) is 1.96. The Labute approximate surface area is 102 Å². The van der Waals surface area contributed by atoms with Crippen molar-refractivity contribution in [2.45, 2.75) is 51.9 Å². The van der Waals surface area contributed by atoms with Gasteiger partial charge in [-0.15, -0.1) is 0 Å². The number of aromatic nitrogens is 2. The van der Waals surface area contributed by atoms with Crippen LogP contribution in [-0.4, -0.2) is 15.9 Å². The molecule has 1 aliphatic carbocycles. The van der Waals surface area contributed by atoms with Crippen molar-refractivity contribution in [3.63, 3.8) is 0 Å². The standard InChI is InChI=1S/C12H21N3S/c1-2-11-14-12(16-15-11)13-9-5-8-10-6-3-4-7-10/h10H,2-9H2,1H3,(H,13,14,15). The monoisotopic (exact) mass is 239 g/mol. The second-order valence-corrected chi connectivity index (χ2v) is 5.34. The Morgan fingerprint density at radius 1 is 1.38 bits per heavy atom. The van der Waals surface area contributed by atoms with E-state index in [9.17, 15) is 0 Å². The third kappa shape index (κ3) is 3.44. The van der Waals surface area contributed by atoms with Crippen molar-refractivity contribution >= 4 is 16.7 Å². The molecule has 3 nitrogen and oxygen atoms in total. The van der Waals surface area contributed by atoms with Gasteiger partial charge in [0.15, 0.2) is 0 Å². The molecule has 0 bridgehead atoms. The third-order valence-electron chi connectivity index (χ3n) is 3.32. The van der Waals surface area contributed by atoms with E-state index in [0.717, 1.165) is 29.8 Å². The number of aryl methyl sites for hydroxylation is 1. The average Bonchev–Trinajstić information content (AvgIpc) is 2.95. The number of hydrogen-bond donors (Lipinski definition) is 1. The Kier molecular flexibility index (Phi) is 4.57. The van der Waals surface area contributed by atoms with Crippen molar-refractivity contribution in [2.24, 2.45) is 5.92 Å². The predicted octanol–water partition coefficient (Wildman–Crippen LogP) is 3.48. The van der Waals surface area contributed by atoms with Gasteiger partial charge in [-0.25, -0.2) is 4.98 Å². The summed E-state index contributed by atoms with van der Waals surface area (Å²) in [4.78, 5) is 4.39. The van der Waals surface area contributed by atoms with E-state index in [-0.39, 0.29) is 0 Å². The van der Waals surface area contributed by atoms with Crippen LogP contribution in [0.2, 0.25) is 0 Å². The van der Waals surface area contributed by atoms with Crippen molar-refractivity contribution in [1.82, 2.24) is 9.36 Å². The summed E-state index contributed by atoms with van der Waals surface area (Å²) < 4.78 is 4.26. The molecule has 90 valence electrons. The van der Waals surface area contributed by atoms with E-state index in [4.69, 9.17) is 0 Å². The largest absolute Gasteiger partial charge is 0.360 e. The SMILES string of the molecule is CCc1nsc(NCCCC2CCCC2)n1. The fraction of sp³-hybridized carbons (Fsp3) is 0.833. The second kappa shape index (κ2) is 6.18. The fourth-order valence-electron chi connectivity index (χ4n) is 2.35. The molecule has 0 unspecified atom stereocenters. The first-order chi connectivity index (χ1) is 7.88. The predicted molar refractivity (Wildman–Crippen MR) is 69.0 cm³/mol. The van der Waals surface area contributed by atoms with Crippen molar-refractivity contribution in [2.75, 3.05) is 11.9 Å². The molecule has 2 rings (SSSR count). The quantitative estimate of drug-likeness (QED) is 0.772. The van der Waals surface area contributed by atoms with E-state index >= 15 is 0 Å². The molecular formula is C12H21N3S. The number of rotatable bonds is 6. The first kappa shape index (κ1) is 11.8. The summed E-state index contributed by atoms with van der Waals surface area (Å²) in [7, 11) is 0. The Morgan fingerprint density at radius 2 is 2.19 bits per heavy atom. The lowest BCUT2D eigenvalue weighted by molar-refractivity contribution is 0.491. The lowest BCUT2D eigenvalue weighted by Gasteiger charge is -2.08. The normalized spacial score (nSPS) is 16.8. The van der Waals surface area contributed by atoms with Crippen LogP contribution in [0.25, 0.3) is 0 Å². The third-order valence-corrected chi connectivity index (χ3v) is 4.04. The highest BCUT2D eigenvalue weighted by atomic mass is 32.1. The highest BCUT2D eigenvalue weighted by Gasteiger charge is 2.13. The molecule has 1 aromatic rings. The summed E-state index contributed by atoms with van der Waals surface area (Å²) in [6.45, 7) is 3.14. The summed E-state index contributed by atoms with van der Waals surface area (Å²) in [5.41, 5.74) is 0. The van der Waals surface area contributed by atoms with Gasteiger partial charge in [-0.1, -0.05) is 32.6 Å². The van der Waals surface area contributed by atoms with Gasteiger partial charge in [0.05, 0.1) is 0 Å². The molecule has 0 spiro atoms. The Morgan fingerprint density at radius 3 is 2.88 bits per heavy atom. The van der Waals surface area contributed by atoms with Crippen LogP contribution in [-0.2, 0) is 6.42 Å². The zero-order valence-corrected chi connectivity index (χ0v) is 10.9. The molecule has 0 radical (unpaired) electrons. The van der Waals surface area contributed by atoms with Crippen LogP contribution in [0.1, 0.15) is 51.3 Å².